The second-order valence-electron chi connectivity index (χ2n) is 5.43. The van der Waals surface area contributed by atoms with Gasteiger partial charge in [-0.2, -0.15) is 0 Å². The lowest BCUT2D eigenvalue weighted by Crippen LogP contribution is -2.36. The number of hydrogen-bond donors (Lipinski definition) is 3. The van der Waals surface area contributed by atoms with E-state index in [1.807, 2.05) is 54.6 Å². The third kappa shape index (κ3) is 3.21. The standard InChI is InChI=1S/C19H17BrN2O2/c1-21-19(24)22-18(13-6-9-14(20)10-7-13)17-15-5-3-2-4-12(15)8-11-16(17)23/h2-11,18,23H,1H3,(H2,21,22,24). The first kappa shape index (κ1) is 16.3. The van der Waals surface area contributed by atoms with Gasteiger partial charge in [-0.25, -0.2) is 4.79 Å². The van der Waals surface area contributed by atoms with Gasteiger partial charge in [0, 0.05) is 17.1 Å². The van der Waals surface area contributed by atoms with Gasteiger partial charge in [0.15, 0.2) is 0 Å². The Bertz CT molecular complexity index is 878. The first-order valence-corrected chi connectivity index (χ1v) is 8.34. The smallest absolute Gasteiger partial charge is 0.315 e. The average Bonchev–Trinajstić information content (AvgIpc) is 2.61. The summed E-state index contributed by atoms with van der Waals surface area (Å²) in [6.45, 7) is 0. The minimum Gasteiger partial charge on any atom is -0.508 e. The van der Waals surface area contributed by atoms with E-state index >= 15 is 0 Å². The second-order valence-corrected chi connectivity index (χ2v) is 6.34. The van der Waals surface area contributed by atoms with Gasteiger partial charge in [0.1, 0.15) is 5.75 Å². The number of rotatable bonds is 3. The lowest BCUT2D eigenvalue weighted by atomic mass is 9.93. The molecule has 0 radical (unpaired) electrons. The van der Waals surface area contributed by atoms with Gasteiger partial charge in [-0.3, -0.25) is 0 Å². The maximum Gasteiger partial charge on any atom is 0.315 e. The summed E-state index contributed by atoms with van der Waals surface area (Å²) in [7, 11) is 1.57. The fourth-order valence-corrected chi connectivity index (χ4v) is 3.03. The maximum atomic E-state index is 12.0. The van der Waals surface area contributed by atoms with E-state index < -0.39 is 6.04 Å². The molecule has 0 aliphatic carbocycles. The van der Waals surface area contributed by atoms with E-state index in [0.29, 0.717) is 5.56 Å². The molecule has 3 aromatic carbocycles. The fourth-order valence-electron chi connectivity index (χ4n) is 2.77. The molecule has 5 heteroatoms. The zero-order chi connectivity index (χ0) is 17.1. The van der Waals surface area contributed by atoms with Gasteiger partial charge in [0.25, 0.3) is 0 Å². The second kappa shape index (κ2) is 6.93. The van der Waals surface area contributed by atoms with Crippen LogP contribution in [0.3, 0.4) is 0 Å². The van der Waals surface area contributed by atoms with Gasteiger partial charge < -0.3 is 15.7 Å². The van der Waals surface area contributed by atoms with Crippen molar-refractivity contribution in [1.82, 2.24) is 10.6 Å². The van der Waals surface area contributed by atoms with Crippen LogP contribution in [0.4, 0.5) is 4.79 Å². The number of carbonyl (C=O) groups excluding carboxylic acids is 1. The van der Waals surface area contributed by atoms with Crippen LogP contribution in [0.1, 0.15) is 17.2 Å². The number of aromatic hydroxyl groups is 1. The average molecular weight is 385 g/mol. The molecular formula is C19H17BrN2O2. The number of carbonyl (C=O) groups is 1. The minimum absolute atomic E-state index is 0.151. The molecule has 122 valence electrons. The molecule has 0 bridgehead atoms. The molecular weight excluding hydrogens is 368 g/mol. The summed E-state index contributed by atoms with van der Waals surface area (Å²) in [5, 5.41) is 17.9. The van der Waals surface area contributed by atoms with Gasteiger partial charge in [0.2, 0.25) is 0 Å². The Morgan fingerprint density at radius 2 is 1.75 bits per heavy atom. The first-order valence-electron chi connectivity index (χ1n) is 7.54. The highest BCUT2D eigenvalue weighted by atomic mass is 79.9. The van der Waals surface area contributed by atoms with E-state index in [2.05, 4.69) is 26.6 Å². The molecule has 0 aromatic heterocycles. The Hall–Kier alpha value is -2.53. The van der Waals surface area contributed by atoms with Crippen LogP contribution in [0, 0.1) is 0 Å². The molecule has 3 aromatic rings. The van der Waals surface area contributed by atoms with E-state index in [-0.39, 0.29) is 11.8 Å². The number of hydrogen-bond acceptors (Lipinski definition) is 2. The summed E-state index contributed by atoms with van der Waals surface area (Å²) in [5.41, 5.74) is 1.56. The highest BCUT2D eigenvalue weighted by Crippen LogP contribution is 2.36. The summed E-state index contributed by atoms with van der Waals surface area (Å²) in [4.78, 5) is 12.0. The topological polar surface area (TPSA) is 61.4 Å². The van der Waals surface area contributed by atoms with Crippen molar-refractivity contribution in [2.45, 2.75) is 6.04 Å². The fraction of sp³-hybridized carbons (Fsp3) is 0.105. The minimum atomic E-state index is -0.468. The number of phenolic OH excluding ortho intramolecular Hbond substituents is 1. The number of nitrogens with one attached hydrogen (secondary N) is 2. The molecule has 0 saturated carbocycles. The third-order valence-corrected chi connectivity index (χ3v) is 4.47. The summed E-state index contributed by atoms with van der Waals surface area (Å²) in [6, 6.07) is 18.2. The Labute approximate surface area is 148 Å². The number of phenols is 1. The molecule has 2 amide bonds. The first-order chi connectivity index (χ1) is 11.6. The van der Waals surface area contributed by atoms with E-state index in [0.717, 1.165) is 20.8 Å². The maximum absolute atomic E-state index is 12.0. The number of halogens is 1. The van der Waals surface area contributed by atoms with Crippen molar-refractivity contribution in [3.05, 3.63) is 76.3 Å². The van der Waals surface area contributed by atoms with Gasteiger partial charge >= 0.3 is 6.03 Å². The van der Waals surface area contributed by atoms with Crippen LogP contribution in [0.2, 0.25) is 0 Å². The predicted octanol–water partition coefficient (Wildman–Crippen LogP) is 4.33. The highest BCUT2D eigenvalue weighted by Gasteiger charge is 2.22. The van der Waals surface area contributed by atoms with Gasteiger partial charge in [-0.05, 0) is 34.5 Å². The van der Waals surface area contributed by atoms with E-state index in [1.165, 1.54) is 0 Å². The summed E-state index contributed by atoms with van der Waals surface area (Å²) < 4.78 is 0.951. The Morgan fingerprint density at radius 1 is 1.04 bits per heavy atom. The number of benzene rings is 3. The zero-order valence-corrected chi connectivity index (χ0v) is 14.7. The normalized spacial score (nSPS) is 11.9. The summed E-state index contributed by atoms with van der Waals surface area (Å²) in [6.07, 6.45) is 0. The molecule has 0 fully saturated rings. The van der Waals surface area contributed by atoms with Crippen molar-refractivity contribution < 1.29 is 9.90 Å². The Kier molecular flexibility index (Phi) is 4.71. The monoisotopic (exact) mass is 384 g/mol. The predicted molar refractivity (Wildman–Crippen MR) is 99.2 cm³/mol. The van der Waals surface area contributed by atoms with Crippen LogP contribution in [0.5, 0.6) is 5.75 Å². The highest BCUT2D eigenvalue weighted by molar-refractivity contribution is 9.10. The van der Waals surface area contributed by atoms with E-state index in [4.69, 9.17) is 0 Å². The van der Waals surface area contributed by atoms with Crippen molar-refractivity contribution in [1.29, 1.82) is 0 Å². The molecule has 0 heterocycles. The molecule has 3 rings (SSSR count). The third-order valence-electron chi connectivity index (χ3n) is 3.94. The van der Waals surface area contributed by atoms with E-state index in [1.54, 1.807) is 13.1 Å². The molecule has 1 atom stereocenters. The van der Waals surface area contributed by atoms with Gasteiger partial charge in [-0.15, -0.1) is 0 Å². The molecule has 0 aliphatic heterocycles. The van der Waals surface area contributed by atoms with Crippen molar-refractivity contribution in [3.63, 3.8) is 0 Å². The Morgan fingerprint density at radius 3 is 2.46 bits per heavy atom. The molecule has 0 spiro atoms. The van der Waals surface area contributed by atoms with Crippen molar-refractivity contribution in [2.75, 3.05) is 7.05 Å². The van der Waals surface area contributed by atoms with Crippen molar-refractivity contribution in [3.8, 4) is 5.75 Å². The Balaban J connectivity index is 2.20. The molecule has 0 saturated heterocycles. The van der Waals surface area contributed by atoms with Gasteiger partial charge in [0.05, 0.1) is 6.04 Å². The molecule has 4 nitrogen and oxygen atoms in total. The molecule has 1 unspecified atom stereocenters. The van der Waals surface area contributed by atoms with E-state index in [9.17, 15) is 9.90 Å². The van der Waals surface area contributed by atoms with Crippen LogP contribution < -0.4 is 10.6 Å². The van der Waals surface area contributed by atoms with Gasteiger partial charge in [-0.1, -0.05) is 58.4 Å². The largest absolute Gasteiger partial charge is 0.508 e. The van der Waals surface area contributed by atoms with Crippen LogP contribution >= 0.6 is 15.9 Å². The number of urea groups is 1. The lowest BCUT2D eigenvalue weighted by Gasteiger charge is -2.22. The summed E-state index contributed by atoms with van der Waals surface area (Å²) in [5.74, 6) is 0.151. The molecule has 3 N–H and O–H groups in total. The SMILES string of the molecule is CNC(=O)NC(c1ccc(Br)cc1)c1c(O)ccc2ccccc12. The van der Waals surface area contributed by atoms with Crippen LogP contribution in [-0.4, -0.2) is 18.2 Å². The molecule has 0 aliphatic rings. The van der Waals surface area contributed by atoms with Crippen LogP contribution in [0.25, 0.3) is 10.8 Å². The van der Waals surface area contributed by atoms with Crippen molar-refractivity contribution >= 4 is 32.7 Å². The lowest BCUT2D eigenvalue weighted by molar-refractivity contribution is 0.240. The van der Waals surface area contributed by atoms with Crippen molar-refractivity contribution in [2.24, 2.45) is 0 Å². The quantitative estimate of drug-likeness (QED) is 0.629. The van der Waals surface area contributed by atoms with Crippen LogP contribution in [0.15, 0.2) is 65.1 Å². The number of fused-ring (bicyclic) bond motifs is 1. The number of amides is 2. The van der Waals surface area contributed by atoms with Crippen LogP contribution in [-0.2, 0) is 0 Å². The molecule has 24 heavy (non-hydrogen) atoms. The summed E-state index contributed by atoms with van der Waals surface area (Å²) >= 11 is 3.42. The zero-order valence-electron chi connectivity index (χ0n) is 13.1.